The van der Waals surface area contributed by atoms with E-state index in [0.717, 1.165) is 0 Å². The second-order valence-electron chi connectivity index (χ2n) is 4.66. The van der Waals surface area contributed by atoms with E-state index >= 15 is 0 Å². The number of amides is 1. The third kappa shape index (κ3) is 5.30. The van der Waals surface area contributed by atoms with E-state index in [9.17, 15) is 9.18 Å². The highest BCUT2D eigenvalue weighted by atomic mass is 35.5. The van der Waals surface area contributed by atoms with Crippen LogP contribution in [-0.2, 0) is 4.79 Å². The Kier molecular flexibility index (Phi) is 6.00. The first-order chi connectivity index (χ1) is 11.1. The molecule has 6 heteroatoms. The van der Waals surface area contributed by atoms with Gasteiger partial charge in [0.2, 0.25) is 5.91 Å². The van der Waals surface area contributed by atoms with Gasteiger partial charge in [0, 0.05) is 17.4 Å². The Morgan fingerprint density at radius 2 is 2.09 bits per heavy atom. The fraction of sp³-hybridized carbons (Fsp3) is 0.118. The highest BCUT2D eigenvalue weighted by molar-refractivity contribution is 6.31. The van der Waals surface area contributed by atoms with Gasteiger partial charge < -0.3 is 15.4 Å². The van der Waals surface area contributed by atoms with Crippen molar-refractivity contribution >= 4 is 28.9 Å². The molecule has 0 aliphatic rings. The van der Waals surface area contributed by atoms with Crippen molar-refractivity contribution in [2.75, 3.05) is 23.8 Å². The third-order valence-electron chi connectivity index (χ3n) is 2.86. The van der Waals surface area contributed by atoms with Crippen molar-refractivity contribution in [3.8, 4) is 5.75 Å². The van der Waals surface area contributed by atoms with Crippen LogP contribution in [0.25, 0.3) is 0 Å². The molecule has 0 fully saturated rings. The molecule has 0 spiro atoms. The molecule has 0 aliphatic carbocycles. The normalized spacial score (nSPS) is 10.0. The van der Waals surface area contributed by atoms with Crippen molar-refractivity contribution in [2.45, 2.75) is 0 Å². The van der Waals surface area contributed by atoms with Crippen LogP contribution < -0.4 is 15.4 Å². The molecule has 0 atom stereocenters. The number of rotatable bonds is 7. The highest BCUT2D eigenvalue weighted by Gasteiger charge is 2.05. The van der Waals surface area contributed by atoms with E-state index in [0.29, 0.717) is 23.7 Å². The van der Waals surface area contributed by atoms with E-state index in [-0.39, 0.29) is 17.5 Å². The number of anilines is 2. The van der Waals surface area contributed by atoms with E-state index in [1.165, 1.54) is 18.2 Å². The summed E-state index contributed by atoms with van der Waals surface area (Å²) < 4.78 is 18.5. The number of ether oxygens (including phenoxy) is 1. The lowest BCUT2D eigenvalue weighted by atomic mass is 10.3. The average Bonchev–Trinajstić information content (AvgIpc) is 2.54. The van der Waals surface area contributed by atoms with Gasteiger partial charge in [-0.05, 0) is 30.3 Å². The fourth-order valence-electron chi connectivity index (χ4n) is 1.81. The summed E-state index contributed by atoms with van der Waals surface area (Å²) in [5.74, 6) is -0.106. The van der Waals surface area contributed by atoms with E-state index in [2.05, 4.69) is 17.2 Å². The molecule has 1 amide bonds. The summed E-state index contributed by atoms with van der Waals surface area (Å²) in [4.78, 5) is 11.9. The third-order valence-corrected chi connectivity index (χ3v) is 3.15. The van der Waals surface area contributed by atoms with E-state index in [1.54, 1.807) is 30.3 Å². The minimum atomic E-state index is -0.502. The number of hydrogen-bond donors (Lipinski definition) is 2. The summed E-state index contributed by atoms with van der Waals surface area (Å²) >= 11 is 5.68. The van der Waals surface area contributed by atoms with Gasteiger partial charge in [-0.25, -0.2) is 4.39 Å². The smallest absolute Gasteiger partial charge is 0.243 e. The van der Waals surface area contributed by atoms with Crippen molar-refractivity contribution < 1.29 is 13.9 Å². The summed E-state index contributed by atoms with van der Waals surface area (Å²) in [6, 6.07) is 11.2. The van der Waals surface area contributed by atoms with Crippen LogP contribution in [0.3, 0.4) is 0 Å². The Morgan fingerprint density at radius 1 is 1.26 bits per heavy atom. The van der Waals surface area contributed by atoms with Crippen LogP contribution in [0.4, 0.5) is 15.8 Å². The number of hydrogen-bond acceptors (Lipinski definition) is 3. The molecule has 23 heavy (non-hydrogen) atoms. The molecule has 0 radical (unpaired) electrons. The van der Waals surface area contributed by atoms with Crippen molar-refractivity contribution in [3.05, 3.63) is 66.0 Å². The second kappa shape index (κ2) is 8.19. The van der Waals surface area contributed by atoms with Crippen LogP contribution in [0.15, 0.2) is 55.1 Å². The first-order valence-corrected chi connectivity index (χ1v) is 7.29. The van der Waals surface area contributed by atoms with Gasteiger partial charge in [-0.2, -0.15) is 0 Å². The summed E-state index contributed by atoms with van der Waals surface area (Å²) in [6.45, 7) is 4.00. The van der Waals surface area contributed by atoms with Crippen molar-refractivity contribution in [1.29, 1.82) is 0 Å². The molecular weight excluding hydrogens is 319 g/mol. The molecule has 0 heterocycles. The number of carbonyl (C=O) groups is 1. The lowest BCUT2D eigenvalue weighted by molar-refractivity contribution is -0.114. The Hall–Kier alpha value is -2.53. The quantitative estimate of drug-likeness (QED) is 0.750. The van der Waals surface area contributed by atoms with E-state index in [4.69, 9.17) is 16.3 Å². The van der Waals surface area contributed by atoms with Gasteiger partial charge in [0.05, 0.1) is 11.6 Å². The lowest BCUT2D eigenvalue weighted by Crippen LogP contribution is -2.21. The Bertz CT molecular complexity index is 707. The second-order valence-corrected chi connectivity index (χ2v) is 5.07. The maximum atomic E-state index is 13.1. The zero-order chi connectivity index (χ0) is 16.7. The molecule has 120 valence electrons. The van der Waals surface area contributed by atoms with Crippen LogP contribution in [0.2, 0.25) is 5.02 Å². The van der Waals surface area contributed by atoms with Crippen LogP contribution in [0.1, 0.15) is 0 Å². The van der Waals surface area contributed by atoms with Crippen molar-refractivity contribution in [1.82, 2.24) is 0 Å². The SMILES string of the molecule is C=CCOc1cccc(NC(=O)CNc2ccc(F)c(Cl)c2)c1. The van der Waals surface area contributed by atoms with Gasteiger partial charge in [-0.15, -0.1) is 0 Å². The molecule has 0 saturated carbocycles. The first-order valence-electron chi connectivity index (χ1n) is 6.91. The number of benzene rings is 2. The number of halogens is 2. The molecule has 4 nitrogen and oxygen atoms in total. The van der Waals surface area contributed by atoms with Crippen LogP contribution in [0.5, 0.6) is 5.75 Å². The molecule has 0 bridgehead atoms. The summed E-state index contributed by atoms with van der Waals surface area (Å²) in [5, 5.41) is 5.62. The van der Waals surface area contributed by atoms with E-state index < -0.39 is 5.82 Å². The predicted octanol–water partition coefficient (Wildman–Crippen LogP) is 4.09. The van der Waals surface area contributed by atoms with Gasteiger partial charge in [0.25, 0.3) is 0 Å². The zero-order valence-electron chi connectivity index (χ0n) is 12.3. The molecule has 2 aromatic rings. The molecule has 2 aromatic carbocycles. The van der Waals surface area contributed by atoms with Crippen LogP contribution in [-0.4, -0.2) is 19.1 Å². The zero-order valence-corrected chi connectivity index (χ0v) is 13.1. The highest BCUT2D eigenvalue weighted by Crippen LogP contribution is 2.19. The Labute approximate surface area is 138 Å². The maximum Gasteiger partial charge on any atom is 0.243 e. The van der Waals surface area contributed by atoms with Crippen molar-refractivity contribution in [2.24, 2.45) is 0 Å². The van der Waals surface area contributed by atoms with Gasteiger partial charge in [-0.3, -0.25) is 4.79 Å². The molecule has 0 saturated heterocycles. The first kappa shape index (κ1) is 16.8. The molecule has 0 unspecified atom stereocenters. The predicted molar refractivity (Wildman–Crippen MR) is 90.7 cm³/mol. The van der Waals surface area contributed by atoms with Crippen LogP contribution in [0, 0.1) is 5.82 Å². The average molecular weight is 335 g/mol. The molecule has 2 rings (SSSR count). The summed E-state index contributed by atoms with van der Waals surface area (Å²) in [6.07, 6.45) is 1.64. The number of carbonyl (C=O) groups excluding carboxylic acids is 1. The molecule has 0 aromatic heterocycles. The van der Waals surface area contributed by atoms with Gasteiger partial charge in [-0.1, -0.05) is 30.3 Å². The van der Waals surface area contributed by atoms with Crippen LogP contribution >= 0.6 is 11.6 Å². The monoisotopic (exact) mass is 334 g/mol. The molecule has 2 N–H and O–H groups in total. The summed E-state index contributed by atoms with van der Waals surface area (Å²) in [7, 11) is 0. The molecule has 0 aliphatic heterocycles. The minimum Gasteiger partial charge on any atom is -0.489 e. The molecular formula is C17H16ClFN2O2. The maximum absolute atomic E-state index is 13.1. The summed E-state index contributed by atoms with van der Waals surface area (Å²) in [5.41, 5.74) is 1.19. The fourth-order valence-corrected chi connectivity index (χ4v) is 1.99. The van der Waals surface area contributed by atoms with Gasteiger partial charge >= 0.3 is 0 Å². The van der Waals surface area contributed by atoms with Gasteiger partial charge in [0.15, 0.2) is 0 Å². The minimum absolute atomic E-state index is 0.00229. The number of nitrogens with one attached hydrogen (secondary N) is 2. The largest absolute Gasteiger partial charge is 0.489 e. The Morgan fingerprint density at radius 3 is 2.83 bits per heavy atom. The Balaban J connectivity index is 1.89. The lowest BCUT2D eigenvalue weighted by Gasteiger charge is -2.10. The van der Waals surface area contributed by atoms with Gasteiger partial charge in [0.1, 0.15) is 18.2 Å². The van der Waals surface area contributed by atoms with Crippen molar-refractivity contribution in [3.63, 3.8) is 0 Å². The topological polar surface area (TPSA) is 50.4 Å². The standard InChI is InChI=1S/C17H16ClFN2O2/c1-2-8-23-14-5-3-4-13(9-14)21-17(22)11-20-12-6-7-16(19)15(18)10-12/h2-7,9-10,20H,1,8,11H2,(H,21,22). The van der Waals surface area contributed by atoms with E-state index in [1.807, 2.05) is 0 Å².